The molecule has 0 aromatic carbocycles. The molecule has 0 bridgehead atoms. The van der Waals surface area contributed by atoms with Crippen molar-refractivity contribution < 1.29 is 4.42 Å². The Morgan fingerprint density at radius 3 is 2.58 bits per heavy atom. The molecule has 2 heterocycles. The molecule has 0 aliphatic carbocycles. The lowest BCUT2D eigenvalue weighted by molar-refractivity contribution is 0.118. The Kier molecular flexibility index (Phi) is 5.93. The quantitative estimate of drug-likeness (QED) is 0.809. The SMILES string of the molecule is CCCC1CCN(C(CN)c2cc(Br)c(Br)o2)CC1. The van der Waals surface area contributed by atoms with Gasteiger partial charge in [0, 0.05) is 6.54 Å². The summed E-state index contributed by atoms with van der Waals surface area (Å²) in [7, 11) is 0. The molecule has 3 nitrogen and oxygen atoms in total. The first-order valence-corrected chi connectivity index (χ1v) is 8.63. The van der Waals surface area contributed by atoms with E-state index in [9.17, 15) is 0 Å². The molecule has 1 aliphatic rings. The molecule has 0 radical (unpaired) electrons. The van der Waals surface area contributed by atoms with E-state index in [1.54, 1.807) is 0 Å². The van der Waals surface area contributed by atoms with Crippen LogP contribution in [0.5, 0.6) is 0 Å². The molecule has 0 spiro atoms. The lowest BCUT2D eigenvalue weighted by Crippen LogP contribution is -2.39. The molecular formula is C14H22Br2N2O. The molecule has 0 saturated carbocycles. The lowest BCUT2D eigenvalue weighted by Gasteiger charge is -2.36. The van der Waals surface area contributed by atoms with Crippen LogP contribution in [0.1, 0.15) is 44.4 Å². The maximum atomic E-state index is 5.96. The fraction of sp³-hybridized carbons (Fsp3) is 0.714. The van der Waals surface area contributed by atoms with Crippen molar-refractivity contribution in [1.29, 1.82) is 0 Å². The number of piperidine rings is 1. The van der Waals surface area contributed by atoms with Crippen LogP contribution in [0, 0.1) is 5.92 Å². The van der Waals surface area contributed by atoms with Gasteiger partial charge in [-0.3, -0.25) is 4.90 Å². The lowest BCUT2D eigenvalue weighted by atomic mass is 9.91. The van der Waals surface area contributed by atoms with Gasteiger partial charge in [0.05, 0.1) is 10.5 Å². The van der Waals surface area contributed by atoms with Crippen LogP contribution in [0.3, 0.4) is 0 Å². The molecule has 19 heavy (non-hydrogen) atoms. The summed E-state index contributed by atoms with van der Waals surface area (Å²) in [6.07, 6.45) is 5.23. The maximum Gasteiger partial charge on any atom is 0.183 e. The maximum absolute atomic E-state index is 5.96. The van der Waals surface area contributed by atoms with Gasteiger partial charge in [-0.25, -0.2) is 0 Å². The zero-order valence-electron chi connectivity index (χ0n) is 11.4. The number of likely N-dealkylation sites (tertiary alicyclic amines) is 1. The second kappa shape index (κ2) is 7.25. The molecule has 1 aliphatic heterocycles. The number of hydrogen-bond acceptors (Lipinski definition) is 3. The zero-order valence-corrected chi connectivity index (χ0v) is 14.5. The van der Waals surface area contributed by atoms with E-state index in [0.717, 1.165) is 33.9 Å². The molecule has 1 fully saturated rings. The second-order valence-electron chi connectivity index (χ2n) is 5.29. The predicted octanol–water partition coefficient (Wildman–Crippen LogP) is 4.32. The molecule has 2 N–H and O–H groups in total. The third kappa shape index (κ3) is 3.84. The van der Waals surface area contributed by atoms with Gasteiger partial charge in [-0.05, 0) is 69.8 Å². The highest BCUT2D eigenvalue weighted by Gasteiger charge is 2.27. The first-order valence-electron chi connectivity index (χ1n) is 7.04. The monoisotopic (exact) mass is 392 g/mol. The average molecular weight is 394 g/mol. The van der Waals surface area contributed by atoms with E-state index in [4.69, 9.17) is 10.2 Å². The Morgan fingerprint density at radius 2 is 2.11 bits per heavy atom. The van der Waals surface area contributed by atoms with E-state index < -0.39 is 0 Å². The van der Waals surface area contributed by atoms with Crippen molar-refractivity contribution in [3.63, 3.8) is 0 Å². The van der Waals surface area contributed by atoms with Crippen LogP contribution >= 0.6 is 31.9 Å². The highest BCUT2D eigenvalue weighted by Crippen LogP contribution is 2.34. The summed E-state index contributed by atoms with van der Waals surface area (Å²) in [5, 5.41) is 0. The normalized spacial score (nSPS) is 19.8. The van der Waals surface area contributed by atoms with E-state index in [0.29, 0.717) is 6.54 Å². The minimum atomic E-state index is 0.199. The van der Waals surface area contributed by atoms with Crippen molar-refractivity contribution in [1.82, 2.24) is 4.90 Å². The van der Waals surface area contributed by atoms with Gasteiger partial charge in [0.15, 0.2) is 4.67 Å². The molecule has 1 aromatic rings. The molecule has 108 valence electrons. The number of furan rings is 1. The Labute approximate surface area is 132 Å². The van der Waals surface area contributed by atoms with E-state index in [-0.39, 0.29) is 6.04 Å². The summed E-state index contributed by atoms with van der Waals surface area (Å²) in [4.78, 5) is 2.46. The van der Waals surface area contributed by atoms with Crippen molar-refractivity contribution in [2.45, 2.75) is 38.6 Å². The first-order chi connectivity index (χ1) is 9.15. The van der Waals surface area contributed by atoms with Crippen LogP contribution in [-0.2, 0) is 0 Å². The van der Waals surface area contributed by atoms with Crippen LogP contribution in [-0.4, -0.2) is 24.5 Å². The number of halogens is 2. The van der Waals surface area contributed by atoms with Crippen LogP contribution in [0.25, 0.3) is 0 Å². The second-order valence-corrected chi connectivity index (χ2v) is 6.86. The van der Waals surface area contributed by atoms with Crippen LogP contribution in [0.2, 0.25) is 0 Å². The van der Waals surface area contributed by atoms with E-state index in [1.807, 2.05) is 6.07 Å². The third-order valence-corrected chi connectivity index (χ3v) is 5.71. The summed E-state index contributed by atoms with van der Waals surface area (Å²) in [5.41, 5.74) is 5.96. The Balaban J connectivity index is 1.99. The highest BCUT2D eigenvalue weighted by atomic mass is 79.9. The number of hydrogen-bond donors (Lipinski definition) is 1. The fourth-order valence-corrected chi connectivity index (χ4v) is 3.54. The minimum Gasteiger partial charge on any atom is -0.451 e. The number of nitrogens with zero attached hydrogens (tertiary/aromatic N) is 1. The zero-order chi connectivity index (χ0) is 13.8. The first kappa shape index (κ1) is 15.5. The van der Waals surface area contributed by atoms with Crippen molar-refractivity contribution in [2.75, 3.05) is 19.6 Å². The Morgan fingerprint density at radius 1 is 1.42 bits per heavy atom. The van der Waals surface area contributed by atoms with E-state index >= 15 is 0 Å². The molecule has 2 rings (SSSR count). The van der Waals surface area contributed by atoms with E-state index in [2.05, 4.69) is 43.7 Å². The van der Waals surface area contributed by atoms with E-state index in [1.165, 1.54) is 25.7 Å². The smallest absolute Gasteiger partial charge is 0.183 e. The fourth-order valence-electron chi connectivity index (χ4n) is 2.93. The summed E-state index contributed by atoms with van der Waals surface area (Å²) < 4.78 is 7.45. The van der Waals surface area contributed by atoms with Gasteiger partial charge in [-0.2, -0.15) is 0 Å². The molecule has 5 heteroatoms. The largest absolute Gasteiger partial charge is 0.451 e. The Hall–Kier alpha value is 0.160. The van der Waals surface area contributed by atoms with Crippen LogP contribution in [0.4, 0.5) is 0 Å². The van der Waals surface area contributed by atoms with Crippen molar-refractivity contribution in [3.8, 4) is 0 Å². The molecular weight excluding hydrogens is 372 g/mol. The molecule has 0 amide bonds. The van der Waals surface area contributed by atoms with Gasteiger partial charge in [0.2, 0.25) is 0 Å². The van der Waals surface area contributed by atoms with Crippen LogP contribution in [0.15, 0.2) is 19.6 Å². The number of nitrogens with two attached hydrogens (primary N) is 1. The topological polar surface area (TPSA) is 42.4 Å². The van der Waals surface area contributed by atoms with Crippen LogP contribution < -0.4 is 5.73 Å². The summed E-state index contributed by atoms with van der Waals surface area (Å²) in [6.45, 7) is 5.13. The van der Waals surface area contributed by atoms with Crippen molar-refractivity contribution in [2.24, 2.45) is 11.7 Å². The molecule has 1 unspecified atom stereocenters. The molecule has 1 saturated heterocycles. The number of rotatable bonds is 5. The van der Waals surface area contributed by atoms with Gasteiger partial charge in [0.1, 0.15) is 5.76 Å². The van der Waals surface area contributed by atoms with Crippen molar-refractivity contribution >= 4 is 31.9 Å². The van der Waals surface area contributed by atoms with Gasteiger partial charge in [-0.15, -0.1) is 0 Å². The Bertz CT molecular complexity index is 381. The summed E-state index contributed by atoms with van der Waals surface area (Å²) in [5.74, 6) is 1.85. The average Bonchev–Trinajstić information content (AvgIpc) is 2.73. The van der Waals surface area contributed by atoms with Gasteiger partial charge < -0.3 is 10.2 Å². The minimum absolute atomic E-state index is 0.199. The van der Waals surface area contributed by atoms with Gasteiger partial charge in [0.25, 0.3) is 0 Å². The van der Waals surface area contributed by atoms with Gasteiger partial charge >= 0.3 is 0 Å². The summed E-state index contributed by atoms with van der Waals surface area (Å²) >= 11 is 6.86. The van der Waals surface area contributed by atoms with Gasteiger partial charge in [-0.1, -0.05) is 19.8 Å². The third-order valence-electron chi connectivity index (χ3n) is 4.00. The van der Waals surface area contributed by atoms with Crippen molar-refractivity contribution in [3.05, 3.63) is 21.0 Å². The predicted molar refractivity (Wildman–Crippen MR) is 85.1 cm³/mol. The standard InChI is InChI=1S/C14H22Br2N2O/c1-2-3-10-4-6-18(7-5-10)12(9-17)13-8-11(15)14(16)19-13/h8,10,12H,2-7,9,17H2,1H3. The molecule has 1 aromatic heterocycles. The highest BCUT2D eigenvalue weighted by molar-refractivity contribution is 9.13. The molecule has 1 atom stereocenters. The summed E-state index contributed by atoms with van der Waals surface area (Å²) in [6, 6.07) is 2.23.